The molecule has 0 aliphatic heterocycles. The van der Waals surface area contributed by atoms with E-state index < -0.39 is 11.4 Å². The zero-order valence-corrected chi connectivity index (χ0v) is 27.5. The van der Waals surface area contributed by atoms with Crippen LogP contribution in [0.5, 0.6) is 0 Å². The van der Waals surface area contributed by atoms with Crippen LogP contribution in [0, 0.1) is 17.2 Å². The summed E-state index contributed by atoms with van der Waals surface area (Å²) in [6.07, 6.45) is 3.26. The van der Waals surface area contributed by atoms with Crippen molar-refractivity contribution in [2.45, 2.75) is 70.4 Å². The Kier molecular flexibility index (Phi) is 11.4. The molecule has 2 aromatic rings. The van der Waals surface area contributed by atoms with Gasteiger partial charge in [-0.3, -0.25) is 9.59 Å². The molecule has 1 aliphatic rings. The van der Waals surface area contributed by atoms with Gasteiger partial charge in [0.25, 0.3) is 5.91 Å². The molecule has 0 radical (unpaired) electrons. The normalized spacial score (nSPS) is 17.5. The molecular weight excluding hydrogens is 550 g/mol. The molecule has 0 fully saturated rings. The van der Waals surface area contributed by atoms with Crippen molar-refractivity contribution in [3.8, 4) is 6.07 Å². The number of carbonyl (C=O) groups excluding carboxylic acids is 1. The van der Waals surface area contributed by atoms with Gasteiger partial charge in [-0.2, -0.15) is 5.26 Å². The molecule has 0 saturated carbocycles. The van der Waals surface area contributed by atoms with E-state index in [1.807, 2.05) is 50.2 Å². The minimum atomic E-state index is -1.36. The highest BCUT2D eigenvalue weighted by Gasteiger charge is 2.47. The van der Waals surface area contributed by atoms with Crippen LogP contribution in [0.25, 0.3) is 5.70 Å². The van der Waals surface area contributed by atoms with E-state index in [9.17, 15) is 20.0 Å². The fourth-order valence-corrected chi connectivity index (χ4v) is 6.05. The maximum Gasteiger partial charge on any atom is 0.318 e. The van der Waals surface area contributed by atoms with Gasteiger partial charge in [-0.05, 0) is 84.5 Å². The Hall–Kier alpha value is -4.09. The molecule has 0 heterocycles. The smallest absolute Gasteiger partial charge is 0.318 e. The second-order valence-electron chi connectivity index (χ2n) is 12.7. The first-order chi connectivity index (χ1) is 20.7. The summed E-state index contributed by atoms with van der Waals surface area (Å²) >= 11 is 0. The van der Waals surface area contributed by atoms with Crippen molar-refractivity contribution in [2.24, 2.45) is 5.92 Å². The second-order valence-corrected chi connectivity index (χ2v) is 12.7. The standard InChI is InChI=1S/C36H49N5O3/c1-10-23(2)17-31(21-37)39-25(4)22-38-24(3)20-36(35(43)44)32-15-13-27(26(5)40(6)7)18-28(32)11-12-29-19-30(14-16-33(29)36)34(42)41(8)9/h13-16,18-19,23-24,31,38-39H,4-5,10-12,17,20,22H2,1-3,6-9H3,(H,43,44)/t23-,24+,31?,36?/m0/s1. The molecule has 2 aromatic carbocycles. The summed E-state index contributed by atoms with van der Waals surface area (Å²) in [5.74, 6) is -0.636. The van der Waals surface area contributed by atoms with Crippen molar-refractivity contribution < 1.29 is 14.7 Å². The lowest BCUT2D eigenvalue weighted by Gasteiger charge is -2.35. The average Bonchev–Trinajstić information content (AvgIpc) is 3.13. The van der Waals surface area contributed by atoms with Crippen molar-refractivity contribution in [3.63, 3.8) is 0 Å². The number of aliphatic carboxylic acids is 1. The number of carboxylic acid groups (broad SMARTS) is 1. The Bertz CT molecular complexity index is 1370. The third-order valence-corrected chi connectivity index (χ3v) is 8.83. The maximum absolute atomic E-state index is 13.6. The predicted octanol–water partition coefficient (Wildman–Crippen LogP) is 5.19. The minimum Gasteiger partial charge on any atom is -0.480 e. The summed E-state index contributed by atoms with van der Waals surface area (Å²) in [7, 11) is 7.30. The Morgan fingerprint density at radius 2 is 1.57 bits per heavy atom. The molecule has 8 nitrogen and oxygen atoms in total. The minimum absolute atomic E-state index is 0.120. The first kappa shape index (κ1) is 34.4. The number of aryl methyl sites for hydroxylation is 2. The fraction of sp³-hybridized carbons (Fsp3) is 0.472. The van der Waals surface area contributed by atoms with Gasteiger partial charge >= 0.3 is 5.97 Å². The Labute approximate surface area is 263 Å². The van der Waals surface area contributed by atoms with E-state index >= 15 is 0 Å². The number of benzene rings is 2. The number of nitrogens with zero attached hydrogens (tertiary/aromatic N) is 3. The highest BCUT2D eigenvalue weighted by atomic mass is 16.4. The Morgan fingerprint density at radius 3 is 2.07 bits per heavy atom. The molecule has 0 aromatic heterocycles. The molecular formula is C36H49N5O3. The number of hydrogen-bond acceptors (Lipinski definition) is 6. The first-order valence-electron chi connectivity index (χ1n) is 15.4. The zero-order chi connectivity index (χ0) is 32.8. The molecule has 8 heteroatoms. The van der Waals surface area contributed by atoms with E-state index in [0.29, 0.717) is 42.1 Å². The molecule has 3 N–H and O–H groups in total. The van der Waals surface area contributed by atoms with Gasteiger partial charge in [-0.1, -0.05) is 51.6 Å². The third-order valence-electron chi connectivity index (χ3n) is 8.83. The monoisotopic (exact) mass is 599 g/mol. The van der Waals surface area contributed by atoms with Crippen molar-refractivity contribution in [2.75, 3.05) is 34.7 Å². The number of fused-ring (bicyclic) bond motifs is 2. The number of amides is 1. The van der Waals surface area contributed by atoms with Gasteiger partial charge in [0.15, 0.2) is 0 Å². The lowest BCUT2D eigenvalue weighted by Crippen LogP contribution is -2.45. The van der Waals surface area contributed by atoms with Crippen LogP contribution >= 0.6 is 0 Å². The third kappa shape index (κ3) is 7.51. The van der Waals surface area contributed by atoms with Crippen LogP contribution in [0.4, 0.5) is 0 Å². The van der Waals surface area contributed by atoms with Gasteiger partial charge in [0.2, 0.25) is 0 Å². The molecule has 44 heavy (non-hydrogen) atoms. The van der Waals surface area contributed by atoms with Crippen molar-refractivity contribution in [1.29, 1.82) is 5.26 Å². The number of hydrogen-bond donors (Lipinski definition) is 3. The van der Waals surface area contributed by atoms with E-state index in [4.69, 9.17) is 0 Å². The van der Waals surface area contributed by atoms with Gasteiger partial charge in [0.05, 0.1) is 6.07 Å². The Balaban J connectivity index is 2.03. The van der Waals surface area contributed by atoms with Crippen molar-refractivity contribution in [3.05, 3.63) is 88.6 Å². The van der Waals surface area contributed by atoms with E-state index in [0.717, 1.165) is 40.8 Å². The van der Waals surface area contributed by atoms with Crippen LogP contribution in [0.3, 0.4) is 0 Å². The molecule has 0 spiro atoms. The van der Waals surface area contributed by atoms with Gasteiger partial charge < -0.3 is 25.5 Å². The number of carbonyl (C=O) groups is 2. The topological polar surface area (TPSA) is 109 Å². The zero-order valence-electron chi connectivity index (χ0n) is 27.5. The number of rotatable bonds is 14. The van der Waals surface area contributed by atoms with Crippen molar-refractivity contribution in [1.82, 2.24) is 20.4 Å². The highest BCUT2D eigenvalue weighted by Crippen LogP contribution is 2.44. The van der Waals surface area contributed by atoms with Crippen LogP contribution < -0.4 is 10.6 Å². The van der Waals surface area contributed by atoms with E-state index in [1.165, 1.54) is 4.90 Å². The van der Waals surface area contributed by atoms with E-state index in [2.05, 4.69) is 49.8 Å². The summed E-state index contributed by atoms with van der Waals surface area (Å²) in [4.78, 5) is 29.9. The van der Waals surface area contributed by atoms with Crippen LogP contribution in [0.1, 0.15) is 78.2 Å². The molecule has 2 unspecified atom stereocenters. The molecule has 1 aliphatic carbocycles. The maximum atomic E-state index is 13.6. The van der Waals surface area contributed by atoms with Crippen LogP contribution in [0.15, 0.2) is 55.3 Å². The molecule has 1 amide bonds. The summed E-state index contributed by atoms with van der Waals surface area (Å²) in [6.45, 7) is 15.0. The van der Waals surface area contributed by atoms with Gasteiger partial charge in [-0.25, -0.2) is 0 Å². The molecule has 0 saturated heterocycles. The highest BCUT2D eigenvalue weighted by molar-refractivity contribution is 5.95. The fourth-order valence-electron chi connectivity index (χ4n) is 6.05. The van der Waals surface area contributed by atoms with Gasteiger partial charge in [0, 0.05) is 57.7 Å². The number of nitriles is 1. The number of carboxylic acids is 1. The molecule has 0 bridgehead atoms. The lowest BCUT2D eigenvalue weighted by atomic mass is 9.68. The summed E-state index contributed by atoms with van der Waals surface area (Å²) in [5.41, 5.74) is 4.96. The summed E-state index contributed by atoms with van der Waals surface area (Å²) < 4.78 is 0. The largest absolute Gasteiger partial charge is 0.480 e. The summed E-state index contributed by atoms with van der Waals surface area (Å²) in [5, 5.41) is 27.4. The van der Waals surface area contributed by atoms with Crippen LogP contribution in [0.2, 0.25) is 0 Å². The van der Waals surface area contributed by atoms with Crippen LogP contribution in [-0.4, -0.2) is 73.6 Å². The number of nitrogens with one attached hydrogen (secondary N) is 2. The average molecular weight is 600 g/mol. The quantitative estimate of drug-likeness (QED) is 0.274. The first-order valence-corrected chi connectivity index (χ1v) is 15.4. The van der Waals surface area contributed by atoms with Crippen LogP contribution in [-0.2, 0) is 23.1 Å². The molecule has 3 rings (SSSR count). The second kappa shape index (κ2) is 14.6. The summed E-state index contributed by atoms with van der Waals surface area (Å²) in [6, 6.07) is 13.2. The predicted molar refractivity (Wildman–Crippen MR) is 177 cm³/mol. The van der Waals surface area contributed by atoms with E-state index in [-0.39, 0.29) is 24.4 Å². The van der Waals surface area contributed by atoms with Crippen molar-refractivity contribution >= 4 is 17.6 Å². The van der Waals surface area contributed by atoms with Gasteiger partial charge in [-0.15, -0.1) is 0 Å². The lowest BCUT2D eigenvalue weighted by molar-refractivity contribution is -0.142. The Morgan fingerprint density at radius 1 is 1.00 bits per heavy atom. The van der Waals surface area contributed by atoms with E-state index in [1.54, 1.807) is 20.2 Å². The SMILES string of the molecule is C=C(CN[C@H](C)CC1(C(=O)O)c2ccc(C(=C)N(C)C)cc2CCc2cc(C(=O)N(C)C)ccc21)NC(C#N)C[C@@H](C)CC. The molecule has 4 atom stereocenters. The molecule has 236 valence electrons. The van der Waals surface area contributed by atoms with Gasteiger partial charge in [0.1, 0.15) is 11.5 Å².